The Kier molecular flexibility index (Phi) is 7.40. The summed E-state index contributed by atoms with van der Waals surface area (Å²) in [4.78, 5) is 0. The molecule has 0 aromatic heterocycles. The molecule has 0 amide bonds. The summed E-state index contributed by atoms with van der Waals surface area (Å²) in [6.07, 6.45) is 3.06. The molecule has 0 fully saturated rings. The molecule has 2 aromatic carbocycles. The SMILES string of the molecule is CCC(C)c1cccc(C(CC)(CC)Pc2ccccc2CS)c1O. The molecule has 0 radical (unpaired) electrons. The topological polar surface area (TPSA) is 20.2 Å². The van der Waals surface area contributed by atoms with Crippen molar-refractivity contribution in [2.24, 2.45) is 0 Å². The Morgan fingerprint density at radius 3 is 2.32 bits per heavy atom. The monoisotopic (exact) mass is 374 g/mol. The van der Waals surface area contributed by atoms with E-state index in [1.54, 1.807) is 0 Å². The molecule has 2 aromatic rings. The fraction of sp³-hybridized carbons (Fsp3) is 0.455. The third-order valence-corrected chi connectivity index (χ3v) is 8.05. The van der Waals surface area contributed by atoms with E-state index >= 15 is 0 Å². The number of benzene rings is 2. The van der Waals surface area contributed by atoms with Crippen molar-refractivity contribution < 1.29 is 5.11 Å². The van der Waals surface area contributed by atoms with E-state index in [0.717, 1.165) is 36.1 Å². The number of rotatable bonds is 8. The van der Waals surface area contributed by atoms with Crippen LogP contribution < -0.4 is 5.30 Å². The number of phenolic OH excluding ortho intramolecular Hbond substituents is 1. The summed E-state index contributed by atoms with van der Waals surface area (Å²) >= 11 is 4.51. The van der Waals surface area contributed by atoms with Gasteiger partial charge in [-0.15, -0.1) is 0 Å². The smallest absolute Gasteiger partial charge is 0.123 e. The fourth-order valence-electron chi connectivity index (χ4n) is 3.48. The van der Waals surface area contributed by atoms with Gasteiger partial charge >= 0.3 is 0 Å². The summed E-state index contributed by atoms with van der Waals surface area (Å²) in [7, 11) is 0.627. The Morgan fingerprint density at radius 1 is 1.04 bits per heavy atom. The van der Waals surface area contributed by atoms with Crippen LogP contribution in [-0.2, 0) is 10.9 Å². The van der Waals surface area contributed by atoms with E-state index < -0.39 is 0 Å². The molecule has 136 valence electrons. The van der Waals surface area contributed by atoms with Gasteiger partial charge in [-0.25, -0.2) is 0 Å². The zero-order valence-corrected chi connectivity index (χ0v) is 17.7. The van der Waals surface area contributed by atoms with Crippen LogP contribution in [0.3, 0.4) is 0 Å². The summed E-state index contributed by atoms with van der Waals surface area (Å²) in [5.74, 6) is 1.64. The van der Waals surface area contributed by atoms with E-state index in [9.17, 15) is 5.11 Å². The van der Waals surface area contributed by atoms with Gasteiger partial charge in [0.1, 0.15) is 5.75 Å². The predicted molar refractivity (Wildman–Crippen MR) is 116 cm³/mol. The van der Waals surface area contributed by atoms with Crippen LogP contribution in [0.5, 0.6) is 5.75 Å². The Bertz CT molecular complexity index is 694. The highest BCUT2D eigenvalue weighted by Gasteiger charge is 2.33. The Labute approximate surface area is 160 Å². The molecule has 0 saturated carbocycles. The zero-order chi connectivity index (χ0) is 18.4. The van der Waals surface area contributed by atoms with Crippen molar-refractivity contribution in [1.29, 1.82) is 0 Å². The van der Waals surface area contributed by atoms with E-state index in [1.165, 1.54) is 10.9 Å². The Morgan fingerprint density at radius 2 is 1.72 bits per heavy atom. The zero-order valence-electron chi connectivity index (χ0n) is 15.8. The lowest BCUT2D eigenvalue weighted by Gasteiger charge is -2.34. The number of thiol groups is 1. The summed E-state index contributed by atoms with van der Waals surface area (Å²) in [6, 6.07) is 14.9. The highest BCUT2D eigenvalue weighted by molar-refractivity contribution is 7.79. The normalized spacial score (nSPS) is 13.5. The molecule has 2 atom stereocenters. The lowest BCUT2D eigenvalue weighted by molar-refractivity contribution is 0.437. The van der Waals surface area contributed by atoms with Crippen LogP contribution in [0.15, 0.2) is 42.5 Å². The van der Waals surface area contributed by atoms with Crippen LogP contribution in [0.25, 0.3) is 0 Å². The van der Waals surface area contributed by atoms with Gasteiger partial charge in [-0.3, -0.25) is 0 Å². The molecule has 0 bridgehead atoms. The van der Waals surface area contributed by atoms with Gasteiger partial charge in [-0.1, -0.05) is 78.7 Å². The third-order valence-electron chi connectivity index (χ3n) is 5.49. The second kappa shape index (κ2) is 9.10. The lowest BCUT2D eigenvalue weighted by atomic mass is 9.87. The van der Waals surface area contributed by atoms with E-state index in [4.69, 9.17) is 0 Å². The van der Waals surface area contributed by atoms with Crippen molar-refractivity contribution in [1.82, 2.24) is 0 Å². The maximum absolute atomic E-state index is 11.1. The first-order valence-corrected chi connectivity index (χ1v) is 10.9. The van der Waals surface area contributed by atoms with Crippen LogP contribution in [0.4, 0.5) is 0 Å². The molecule has 0 aliphatic carbocycles. The van der Waals surface area contributed by atoms with Crippen molar-refractivity contribution in [2.75, 3.05) is 0 Å². The molecule has 3 heteroatoms. The van der Waals surface area contributed by atoms with Crippen molar-refractivity contribution in [3.05, 3.63) is 59.2 Å². The minimum absolute atomic E-state index is 0.0212. The molecule has 0 aliphatic heterocycles. The quantitative estimate of drug-likeness (QED) is 0.407. The summed E-state index contributed by atoms with van der Waals surface area (Å²) in [5.41, 5.74) is 3.49. The van der Waals surface area contributed by atoms with Gasteiger partial charge in [0, 0.05) is 16.5 Å². The number of hydrogen-bond donors (Lipinski definition) is 2. The molecule has 2 rings (SSSR count). The van der Waals surface area contributed by atoms with Gasteiger partial charge in [0.15, 0.2) is 0 Å². The highest BCUT2D eigenvalue weighted by Crippen LogP contribution is 2.51. The van der Waals surface area contributed by atoms with Gasteiger partial charge in [-0.05, 0) is 41.6 Å². The molecular formula is C22H31OPS. The highest BCUT2D eigenvalue weighted by atomic mass is 32.1. The molecule has 0 heterocycles. The van der Waals surface area contributed by atoms with E-state index in [0.29, 0.717) is 20.2 Å². The molecule has 0 aliphatic rings. The summed E-state index contributed by atoms with van der Waals surface area (Å²) in [6.45, 7) is 8.86. The maximum atomic E-state index is 11.1. The largest absolute Gasteiger partial charge is 0.507 e. The first kappa shape index (κ1) is 20.3. The number of hydrogen-bond acceptors (Lipinski definition) is 2. The molecule has 0 spiro atoms. The van der Waals surface area contributed by atoms with E-state index in [2.05, 4.69) is 82.8 Å². The predicted octanol–water partition coefficient (Wildman–Crippen LogP) is 6.35. The number of aromatic hydroxyl groups is 1. The average Bonchev–Trinajstić information content (AvgIpc) is 2.66. The van der Waals surface area contributed by atoms with Gasteiger partial charge in [0.2, 0.25) is 0 Å². The fourth-order valence-corrected chi connectivity index (χ4v) is 5.62. The average molecular weight is 375 g/mol. The molecule has 25 heavy (non-hydrogen) atoms. The van der Waals surface area contributed by atoms with E-state index in [1.807, 2.05) is 0 Å². The minimum Gasteiger partial charge on any atom is -0.507 e. The van der Waals surface area contributed by atoms with Crippen molar-refractivity contribution in [3.63, 3.8) is 0 Å². The summed E-state index contributed by atoms with van der Waals surface area (Å²) < 4.78 is 0. The second-order valence-electron chi connectivity index (χ2n) is 6.78. The third kappa shape index (κ3) is 4.23. The van der Waals surface area contributed by atoms with Crippen molar-refractivity contribution in [2.45, 2.75) is 63.8 Å². The van der Waals surface area contributed by atoms with Crippen LogP contribution in [0, 0.1) is 0 Å². The Balaban J connectivity index is 2.53. The first-order chi connectivity index (χ1) is 12.0. The van der Waals surface area contributed by atoms with Crippen LogP contribution in [-0.4, -0.2) is 5.11 Å². The van der Waals surface area contributed by atoms with Gasteiger partial charge in [0.25, 0.3) is 0 Å². The molecule has 0 saturated heterocycles. The molecule has 1 nitrogen and oxygen atoms in total. The van der Waals surface area contributed by atoms with Crippen LogP contribution in [0.2, 0.25) is 0 Å². The first-order valence-electron chi connectivity index (χ1n) is 9.32. The molecule has 2 unspecified atom stereocenters. The van der Waals surface area contributed by atoms with Crippen LogP contribution >= 0.6 is 21.2 Å². The number of para-hydroxylation sites is 1. The van der Waals surface area contributed by atoms with Gasteiger partial charge < -0.3 is 5.11 Å². The Hall–Kier alpha value is -0.980. The molecular weight excluding hydrogens is 343 g/mol. The van der Waals surface area contributed by atoms with Crippen LogP contribution in [0.1, 0.15) is 69.6 Å². The van der Waals surface area contributed by atoms with Crippen molar-refractivity contribution >= 4 is 26.5 Å². The molecule has 1 N–H and O–H groups in total. The lowest BCUT2D eigenvalue weighted by Crippen LogP contribution is -2.23. The minimum atomic E-state index is -0.0212. The number of phenols is 1. The maximum Gasteiger partial charge on any atom is 0.123 e. The van der Waals surface area contributed by atoms with Gasteiger partial charge in [-0.2, -0.15) is 12.6 Å². The standard InChI is InChI=1S/C22H31OPS/c1-5-16(4)18-12-10-13-19(21(18)23)22(6-2,7-3)24-20-14-9-8-11-17(20)15-25/h8-14,16,23-25H,5-7,15H2,1-4H3. The van der Waals surface area contributed by atoms with Crippen molar-refractivity contribution in [3.8, 4) is 5.75 Å². The van der Waals surface area contributed by atoms with Gasteiger partial charge in [0.05, 0.1) is 0 Å². The second-order valence-corrected chi connectivity index (χ2v) is 8.84. The van der Waals surface area contributed by atoms with E-state index in [-0.39, 0.29) is 5.16 Å². The summed E-state index contributed by atoms with van der Waals surface area (Å²) in [5, 5.41) is 12.4.